The van der Waals surface area contributed by atoms with Gasteiger partial charge in [0.2, 0.25) is 0 Å². The molecule has 1 atom stereocenters. The van der Waals surface area contributed by atoms with Crippen molar-refractivity contribution >= 4 is 23.5 Å². The van der Waals surface area contributed by atoms with Crippen LogP contribution >= 0.6 is 11.6 Å². The quantitative estimate of drug-likeness (QED) is 0.609. The smallest absolute Gasteiger partial charge is 0.468 e. The van der Waals surface area contributed by atoms with E-state index < -0.39 is 30.0 Å². The van der Waals surface area contributed by atoms with Gasteiger partial charge in [-0.3, -0.25) is 9.59 Å². The Hall–Kier alpha value is -1.96. The molecular weight excluding hydrogens is 329 g/mol. The lowest BCUT2D eigenvalue weighted by atomic mass is 10.2. The molecule has 0 amide bonds. The number of benzene rings is 1. The van der Waals surface area contributed by atoms with E-state index in [1.807, 2.05) is 0 Å². The zero-order valence-corrected chi connectivity index (χ0v) is 12.3. The molecule has 0 fully saturated rings. The maximum Gasteiger partial charge on any atom is 0.573 e. The number of rotatable bonds is 5. The largest absolute Gasteiger partial charge is 0.573 e. The van der Waals surface area contributed by atoms with Crippen LogP contribution in [0.5, 0.6) is 5.75 Å². The average Bonchev–Trinajstić information content (AvgIpc) is 2.44. The fourth-order valence-electron chi connectivity index (χ4n) is 1.39. The van der Waals surface area contributed by atoms with Crippen molar-refractivity contribution in [1.82, 2.24) is 0 Å². The van der Waals surface area contributed by atoms with Crippen LogP contribution in [0.25, 0.3) is 0 Å². The van der Waals surface area contributed by atoms with Crippen molar-refractivity contribution in [2.24, 2.45) is 5.92 Å². The van der Waals surface area contributed by atoms with Crippen molar-refractivity contribution < 1.29 is 37.0 Å². The van der Waals surface area contributed by atoms with E-state index in [9.17, 15) is 22.8 Å². The standard InChI is InChI=1S/C13H12ClF3O5/c1-7(11(18)20-2)12(19)21-6-8-3-4-9(14)10(5-8)22-13(15,16)17/h3-5,7H,6H2,1-2H3. The molecular formula is C13H12ClF3O5. The monoisotopic (exact) mass is 340 g/mol. The van der Waals surface area contributed by atoms with Crippen LogP contribution in [-0.2, 0) is 25.7 Å². The fraction of sp³-hybridized carbons (Fsp3) is 0.385. The Balaban J connectivity index is 2.73. The highest BCUT2D eigenvalue weighted by molar-refractivity contribution is 6.32. The van der Waals surface area contributed by atoms with Crippen molar-refractivity contribution in [3.63, 3.8) is 0 Å². The Kier molecular flexibility index (Phi) is 6.04. The van der Waals surface area contributed by atoms with Gasteiger partial charge in [0.25, 0.3) is 0 Å². The van der Waals surface area contributed by atoms with Crippen molar-refractivity contribution in [1.29, 1.82) is 0 Å². The predicted octanol–water partition coefficient (Wildman–Crippen LogP) is 3.09. The molecule has 0 aromatic heterocycles. The Morgan fingerprint density at radius 2 is 1.91 bits per heavy atom. The molecule has 0 spiro atoms. The number of carbonyl (C=O) groups excluding carboxylic acids is 2. The van der Waals surface area contributed by atoms with Gasteiger partial charge in [0.05, 0.1) is 12.1 Å². The molecule has 0 N–H and O–H groups in total. The molecule has 0 aliphatic rings. The highest BCUT2D eigenvalue weighted by Crippen LogP contribution is 2.31. The summed E-state index contributed by atoms with van der Waals surface area (Å²) >= 11 is 5.58. The summed E-state index contributed by atoms with van der Waals surface area (Å²) in [4.78, 5) is 22.7. The predicted molar refractivity (Wildman–Crippen MR) is 69.1 cm³/mol. The Bertz CT molecular complexity index is 559. The van der Waals surface area contributed by atoms with Crippen LogP contribution in [0.2, 0.25) is 5.02 Å². The number of methoxy groups -OCH3 is 1. The minimum Gasteiger partial charge on any atom is -0.468 e. The summed E-state index contributed by atoms with van der Waals surface area (Å²) in [5.74, 6) is -3.38. The van der Waals surface area contributed by atoms with Gasteiger partial charge in [0, 0.05) is 0 Å². The van der Waals surface area contributed by atoms with E-state index >= 15 is 0 Å². The van der Waals surface area contributed by atoms with Crippen LogP contribution in [-0.4, -0.2) is 25.4 Å². The highest BCUT2D eigenvalue weighted by Gasteiger charge is 2.32. The first-order valence-corrected chi connectivity index (χ1v) is 6.30. The number of halogens is 4. The van der Waals surface area contributed by atoms with Crippen molar-refractivity contribution in [3.05, 3.63) is 28.8 Å². The highest BCUT2D eigenvalue weighted by atomic mass is 35.5. The minimum atomic E-state index is -4.89. The van der Waals surface area contributed by atoms with E-state index in [-0.39, 0.29) is 17.2 Å². The van der Waals surface area contributed by atoms with E-state index in [1.54, 1.807) is 0 Å². The second kappa shape index (κ2) is 7.35. The number of ether oxygens (including phenoxy) is 3. The first-order valence-electron chi connectivity index (χ1n) is 5.92. The normalized spacial score (nSPS) is 12.5. The van der Waals surface area contributed by atoms with Gasteiger partial charge in [0.15, 0.2) is 5.92 Å². The van der Waals surface area contributed by atoms with Crippen molar-refractivity contribution in [2.75, 3.05) is 7.11 Å². The van der Waals surface area contributed by atoms with E-state index in [4.69, 9.17) is 16.3 Å². The molecule has 0 saturated heterocycles. The Labute approximate surface area is 128 Å². The lowest BCUT2D eigenvalue weighted by molar-refractivity contribution is -0.274. The third-order valence-corrected chi connectivity index (χ3v) is 2.82. The lowest BCUT2D eigenvalue weighted by Crippen LogP contribution is -2.24. The van der Waals surface area contributed by atoms with Crippen molar-refractivity contribution in [3.8, 4) is 5.75 Å². The van der Waals surface area contributed by atoms with Crippen LogP contribution in [0.15, 0.2) is 18.2 Å². The van der Waals surface area contributed by atoms with Gasteiger partial charge in [-0.05, 0) is 24.6 Å². The maximum absolute atomic E-state index is 12.2. The molecule has 1 rings (SSSR count). The molecule has 0 radical (unpaired) electrons. The van der Waals surface area contributed by atoms with Crippen LogP contribution < -0.4 is 4.74 Å². The maximum atomic E-state index is 12.2. The van der Waals surface area contributed by atoms with Gasteiger partial charge in [-0.25, -0.2) is 0 Å². The van der Waals surface area contributed by atoms with Crippen LogP contribution in [0.3, 0.4) is 0 Å². The lowest BCUT2D eigenvalue weighted by Gasteiger charge is -2.13. The Morgan fingerprint density at radius 1 is 1.27 bits per heavy atom. The van der Waals surface area contributed by atoms with Gasteiger partial charge in [-0.2, -0.15) is 0 Å². The molecule has 0 aliphatic carbocycles. The summed E-state index contributed by atoms with van der Waals surface area (Å²) < 4.78 is 49.5. The first kappa shape index (κ1) is 18.1. The van der Waals surface area contributed by atoms with Gasteiger partial charge in [0.1, 0.15) is 12.4 Å². The zero-order valence-electron chi connectivity index (χ0n) is 11.6. The van der Waals surface area contributed by atoms with Crippen LogP contribution in [0.1, 0.15) is 12.5 Å². The fourth-order valence-corrected chi connectivity index (χ4v) is 1.55. The third-order valence-electron chi connectivity index (χ3n) is 2.51. The van der Waals surface area contributed by atoms with Crippen LogP contribution in [0.4, 0.5) is 13.2 Å². The summed E-state index contributed by atoms with van der Waals surface area (Å²) in [6.07, 6.45) is -4.89. The number of hydrogen-bond donors (Lipinski definition) is 0. The molecule has 122 valence electrons. The molecule has 1 aromatic rings. The summed E-state index contributed by atoms with van der Waals surface area (Å²) in [6, 6.07) is 3.53. The molecule has 0 heterocycles. The molecule has 1 unspecified atom stereocenters. The third kappa shape index (κ3) is 5.44. The SMILES string of the molecule is COC(=O)C(C)C(=O)OCc1ccc(Cl)c(OC(F)(F)F)c1. The molecule has 0 saturated carbocycles. The summed E-state index contributed by atoms with van der Waals surface area (Å²) in [5.41, 5.74) is 0.217. The molecule has 5 nitrogen and oxygen atoms in total. The van der Waals surface area contributed by atoms with E-state index in [0.717, 1.165) is 13.2 Å². The average molecular weight is 341 g/mol. The molecule has 0 aliphatic heterocycles. The number of esters is 2. The second-order valence-corrected chi connectivity index (χ2v) is 4.57. The van der Waals surface area contributed by atoms with Gasteiger partial charge in [-0.15, -0.1) is 13.2 Å². The number of alkyl halides is 3. The minimum absolute atomic E-state index is 0.217. The van der Waals surface area contributed by atoms with E-state index in [1.165, 1.54) is 19.1 Å². The van der Waals surface area contributed by atoms with Crippen molar-refractivity contribution in [2.45, 2.75) is 19.9 Å². The van der Waals surface area contributed by atoms with Crippen LogP contribution in [0, 0.1) is 5.92 Å². The van der Waals surface area contributed by atoms with E-state index in [2.05, 4.69) is 9.47 Å². The topological polar surface area (TPSA) is 61.8 Å². The molecule has 22 heavy (non-hydrogen) atoms. The molecule has 0 bridgehead atoms. The second-order valence-electron chi connectivity index (χ2n) is 4.17. The zero-order chi connectivity index (χ0) is 16.9. The number of carbonyl (C=O) groups is 2. The number of hydrogen-bond acceptors (Lipinski definition) is 5. The summed E-state index contributed by atoms with van der Waals surface area (Å²) in [5, 5.41) is -0.240. The van der Waals surface area contributed by atoms with Gasteiger partial charge < -0.3 is 14.2 Å². The van der Waals surface area contributed by atoms with Gasteiger partial charge >= 0.3 is 18.3 Å². The first-order chi connectivity index (χ1) is 10.1. The molecule has 9 heteroatoms. The van der Waals surface area contributed by atoms with Gasteiger partial charge in [-0.1, -0.05) is 17.7 Å². The summed E-state index contributed by atoms with van der Waals surface area (Å²) in [7, 11) is 1.12. The Morgan fingerprint density at radius 3 is 2.45 bits per heavy atom. The van der Waals surface area contributed by atoms with E-state index in [0.29, 0.717) is 0 Å². The summed E-state index contributed by atoms with van der Waals surface area (Å²) in [6.45, 7) is 0.944. The molecule has 1 aromatic carbocycles.